The van der Waals surface area contributed by atoms with Crippen molar-refractivity contribution in [3.05, 3.63) is 0 Å². The van der Waals surface area contributed by atoms with E-state index in [4.69, 9.17) is 0 Å². The third-order valence-electron chi connectivity index (χ3n) is 4.98. The highest BCUT2D eigenvalue weighted by molar-refractivity contribution is 5.84. The van der Waals surface area contributed by atoms with Crippen LogP contribution in [0, 0.1) is 5.92 Å². The van der Waals surface area contributed by atoms with Gasteiger partial charge in [0.2, 0.25) is 11.8 Å². The number of hydrogen-bond donors (Lipinski definition) is 0. The molecule has 0 aromatic carbocycles. The van der Waals surface area contributed by atoms with Gasteiger partial charge in [0.05, 0.1) is 5.92 Å². The van der Waals surface area contributed by atoms with Crippen molar-refractivity contribution < 1.29 is 9.59 Å². The maximum atomic E-state index is 12.5. The Balaban J connectivity index is 1.63. The second-order valence-electron chi connectivity index (χ2n) is 6.25. The van der Waals surface area contributed by atoms with Crippen molar-refractivity contribution in [1.82, 2.24) is 9.80 Å². The normalized spacial score (nSPS) is 29.3. The van der Waals surface area contributed by atoms with E-state index >= 15 is 0 Å². The van der Waals surface area contributed by atoms with Gasteiger partial charge in [0, 0.05) is 32.1 Å². The van der Waals surface area contributed by atoms with E-state index in [9.17, 15) is 9.59 Å². The lowest BCUT2D eigenvalue weighted by atomic mass is 9.94. The molecule has 2 heterocycles. The van der Waals surface area contributed by atoms with Gasteiger partial charge in [0.25, 0.3) is 0 Å². The van der Waals surface area contributed by atoms with E-state index in [0.29, 0.717) is 24.9 Å². The molecule has 106 valence electrons. The Morgan fingerprint density at radius 1 is 1.00 bits per heavy atom. The summed E-state index contributed by atoms with van der Waals surface area (Å²) in [6, 6.07) is 0.418. The van der Waals surface area contributed by atoms with Gasteiger partial charge in [-0.2, -0.15) is 0 Å². The summed E-state index contributed by atoms with van der Waals surface area (Å²) in [7, 11) is 0. The lowest BCUT2D eigenvalue weighted by Gasteiger charge is -2.37. The smallest absolute Gasteiger partial charge is 0.227 e. The van der Waals surface area contributed by atoms with E-state index in [1.165, 1.54) is 12.8 Å². The van der Waals surface area contributed by atoms with Gasteiger partial charge in [-0.15, -0.1) is 0 Å². The number of carbonyl (C=O) groups excluding carboxylic acids is 2. The SMILES string of the molecule is O=C([C@H]1CCC(=O)N(C2CCCC2)C1)N1CCCC1. The lowest BCUT2D eigenvalue weighted by Crippen LogP contribution is -2.49. The lowest BCUT2D eigenvalue weighted by molar-refractivity contribution is -0.144. The van der Waals surface area contributed by atoms with Crippen molar-refractivity contribution >= 4 is 11.8 Å². The van der Waals surface area contributed by atoms with Crippen LogP contribution in [0.25, 0.3) is 0 Å². The first-order chi connectivity index (χ1) is 9.25. The van der Waals surface area contributed by atoms with Crippen molar-refractivity contribution in [2.24, 2.45) is 5.92 Å². The van der Waals surface area contributed by atoms with Gasteiger partial charge in [-0.3, -0.25) is 9.59 Å². The molecule has 3 fully saturated rings. The molecule has 4 nitrogen and oxygen atoms in total. The Kier molecular flexibility index (Phi) is 3.76. The maximum Gasteiger partial charge on any atom is 0.227 e. The van der Waals surface area contributed by atoms with Crippen molar-refractivity contribution in [3.8, 4) is 0 Å². The van der Waals surface area contributed by atoms with Crippen LogP contribution >= 0.6 is 0 Å². The molecule has 3 rings (SSSR count). The molecule has 0 aromatic rings. The predicted molar refractivity (Wildman–Crippen MR) is 72.5 cm³/mol. The van der Waals surface area contributed by atoms with E-state index < -0.39 is 0 Å². The molecule has 2 aliphatic heterocycles. The summed E-state index contributed by atoms with van der Waals surface area (Å²) >= 11 is 0. The number of carbonyl (C=O) groups is 2. The standard InChI is InChI=1S/C15H24N2O2/c18-14-8-7-12(15(19)16-9-3-4-10-16)11-17(14)13-5-1-2-6-13/h12-13H,1-11H2/t12-/m0/s1. The number of likely N-dealkylation sites (tertiary alicyclic amines) is 2. The Labute approximate surface area is 115 Å². The minimum absolute atomic E-state index is 0.0661. The molecule has 4 heteroatoms. The molecule has 1 saturated carbocycles. The minimum Gasteiger partial charge on any atom is -0.342 e. The fraction of sp³-hybridized carbons (Fsp3) is 0.867. The van der Waals surface area contributed by atoms with Crippen LogP contribution in [0.2, 0.25) is 0 Å². The zero-order valence-electron chi connectivity index (χ0n) is 11.6. The molecule has 0 radical (unpaired) electrons. The van der Waals surface area contributed by atoms with Crippen LogP contribution < -0.4 is 0 Å². The molecule has 1 aliphatic carbocycles. The van der Waals surface area contributed by atoms with E-state index in [1.807, 2.05) is 9.80 Å². The zero-order valence-corrected chi connectivity index (χ0v) is 11.6. The fourth-order valence-corrected chi connectivity index (χ4v) is 3.84. The zero-order chi connectivity index (χ0) is 13.2. The van der Waals surface area contributed by atoms with Crippen molar-refractivity contribution in [2.45, 2.75) is 57.4 Å². The molecule has 1 atom stereocenters. The van der Waals surface area contributed by atoms with Gasteiger partial charge in [0.15, 0.2) is 0 Å². The molecule has 2 saturated heterocycles. The first-order valence-corrected chi connectivity index (χ1v) is 7.84. The topological polar surface area (TPSA) is 40.6 Å². The summed E-state index contributed by atoms with van der Waals surface area (Å²) < 4.78 is 0. The number of nitrogens with zero attached hydrogens (tertiary/aromatic N) is 2. The number of piperidine rings is 1. The van der Waals surface area contributed by atoms with Gasteiger partial charge in [-0.1, -0.05) is 12.8 Å². The highest BCUT2D eigenvalue weighted by Crippen LogP contribution is 2.29. The van der Waals surface area contributed by atoms with Gasteiger partial charge >= 0.3 is 0 Å². The molecule has 0 unspecified atom stereocenters. The summed E-state index contributed by atoms with van der Waals surface area (Å²) in [5.74, 6) is 0.641. The fourth-order valence-electron chi connectivity index (χ4n) is 3.84. The van der Waals surface area contributed by atoms with Crippen molar-refractivity contribution in [3.63, 3.8) is 0 Å². The first kappa shape index (κ1) is 12.9. The molecule has 19 heavy (non-hydrogen) atoms. The van der Waals surface area contributed by atoms with Crippen LogP contribution in [0.4, 0.5) is 0 Å². The van der Waals surface area contributed by atoms with Crippen LogP contribution in [0.1, 0.15) is 51.4 Å². The van der Waals surface area contributed by atoms with E-state index in [2.05, 4.69) is 0 Å². The third-order valence-corrected chi connectivity index (χ3v) is 4.98. The molecule has 0 aromatic heterocycles. The van der Waals surface area contributed by atoms with Gasteiger partial charge in [-0.25, -0.2) is 0 Å². The van der Waals surface area contributed by atoms with E-state index in [-0.39, 0.29) is 11.8 Å². The van der Waals surface area contributed by atoms with Crippen LogP contribution in [-0.4, -0.2) is 47.3 Å². The summed E-state index contributed by atoms with van der Waals surface area (Å²) in [5.41, 5.74) is 0. The second-order valence-corrected chi connectivity index (χ2v) is 6.25. The average molecular weight is 264 g/mol. The predicted octanol–water partition coefficient (Wildman–Crippen LogP) is 1.79. The molecular weight excluding hydrogens is 240 g/mol. The summed E-state index contributed by atoms with van der Waals surface area (Å²) in [5, 5.41) is 0. The van der Waals surface area contributed by atoms with Gasteiger partial charge in [0.1, 0.15) is 0 Å². The highest BCUT2D eigenvalue weighted by atomic mass is 16.2. The third kappa shape index (κ3) is 2.63. The quantitative estimate of drug-likeness (QED) is 0.763. The molecule has 0 spiro atoms. The summed E-state index contributed by atoms with van der Waals surface area (Å²) in [6.07, 6.45) is 8.36. The van der Waals surface area contributed by atoms with Crippen LogP contribution in [0.3, 0.4) is 0 Å². The Hall–Kier alpha value is -1.06. The van der Waals surface area contributed by atoms with Gasteiger partial charge in [-0.05, 0) is 32.1 Å². The molecule has 0 N–H and O–H groups in total. The first-order valence-electron chi connectivity index (χ1n) is 7.84. The minimum atomic E-state index is 0.0661. The Bertz CT molecular complexity index is 357. The molecule has 3 aliphatic rings. The number of rotatable bonds is 2. The Morgan fingerprint density at radius 3 is 2.37 bits per heavy atom. The second kappa shape index (κ2) is 5.51. The van der Waals surface area contributed by atoms with E-state index in [1.54, 1.807) is 0 Å². The molecule has 0 bridgehead atoms. The largest absolute Gasteiger partial charge is 0.342 e. The highest BCUT2D eigenvalue weighted by Gasteiger charge is 2.36. The molecule has 2 amide bonds. The molecular formula is C15H24N2O2. The Morgan fingerprint density at radius 2 is 1.68 bits per heavy atom. The van der Waals surface area contributed by atoms with Crippen LogP contribution in [-0.2, 0) is 9.59 Å². The van der Waals surface area contributed by atoms with Crippen LogP contribution in [0.15, 0.2) is 0 Å². The van der Waals surface area contributed by atoms with Crippen molar-refractivity contribution in [2.75, 3.05) is 19.6 Å². The summed E-state index contributed by atoms with van der Waals surface area (Å²) in [4.78, 5) is 28.6. The monoisotopic (exact) mass is 264 g/mol. The average Bonchev–Trinajstić information content (AvgIpc) is 3.12. The van der Waals surface area contributed by atoms with Crippen LogP contribution in [0.5, 0.6) is 0 Å². The van der Waals surface area contributed by atoms with Crippen molar-refractivity contribution in [1.29, 1.82) is 0 Å². The van der Waals surface area contributed by atoms with Gasteiger partial charge < -0.3 is 9.80 Å². The number of hydrogen-bond acceptors (Lipinski definition) is 2. The number of amides is 2. The maximum absolute atomic E-state index is 12.5. The van der Waals surface area contributed by atoms with E-state index in [0.717, 1.165) is 45.2 Å². The summed E-state index contributed by atoms with van der Waals surface area (Å²) in [6.45, 7) is 2.53.